The van der Waals surface area contributed by atoms with Gasteiger partial charge in [0.25, 0.3) is 0 Å². The number of aryl methyl sites for hydroxylation is 2. The number of pyridine rings is 1. The summed E-state index contributed by atoms with van der Waals surface area (Å²) in [5, 5.41) is 10.5. The van der Waals surface area contributed by atoms with Crippen molar-refractivity contribution in [3.05, 3.63) is 35.5 Å². The molecule has 0 atom stereocenters. The van der Waals surface area contributed by atoms with E-state index >= 15 is 0 Å². The van der Waals surface area contributed by atoms with Gasteiger partial charge in [-0.3, -0.25) is 4.98 Å². The fraction of sp³-hybridized carbons (Fsp3) is 0.182. The monoisotopic (exact) mass is 173 g/mol. The Kier molecular flexibility index (Phi) is 1.69. The van der Waals surface area contributed by atoms with Gasteiger partial charge in [0.05, 0.1) is 5.52 Å². The van der Waals surface area contributed by atoms with Gasteiger partial charge in [0.2, 0.25) is 0 Å². The van der Waals surface area contributed by atoms with E-state index in [1.54, 1.807) is 6.07 Å². The zero-order valence-electron chi connectivity index (χ0n) is 7.70. The summed E-state index contributed by atoms with van der Waals surface area (Å²) in [4.78, 5) is 4.37. The number of hydrogen-bond donors (Lipinski definition) is 1. The van der Waals surface area contributed by atoms with Gasteiger partial charge in [-0.1, -0.05) is 6.07 Å². The van der Waals surface area contributed by atoms with Crippen LogP contribution in [0.3, 0.4) is 0 Å². The molecule has 0 saturated heterocycles. The number of benzene rings is 1. The molecule has 66 valence electrons. The Bertz CT molecular complexity index is 463. The van der Waals surface area contributed by atoms with Gasteiger partial charge in [-0.15, -0.1) is 0 Å². The third-order valence-corrected chi connectivity index (χ3v) is 2.25. The molecule has 1 N–H and O–H groups in total. The van der Waals surface area contributed by atoms with Gasteiger partial charge in [0.15, 0.2) is 0 Å². The predicted octanol–water partition coefficient (Wildman–Crippen LogP) is 2.56. The van der Waals surface area contributed by atoms with Crippen LogP contribution in [0, 0.1) is 13.8 Å². The highest BCUT2D eigenvalue weighted by Crippen LogP contribution is 2.24. The van der Waals surface area contributed by atoms with E-state index in [1.807, 2.05) is 32.0 Å². The van der Waals surface area contributed by atoms with Crippen LogP contribution in [-0.4, -0.2) is 10.1 Å². The van der Waals surface area contributed by atoms with Crippen molar-refractivity contribution in [2.24, 2.45) is 0 Å². The lowest BCUT2D eigenvalue weighted by Crippen LogP contribution is -1.85. The van der Waals surface area contributed by atoms with E-state index in [-0.39, 0.29) is 0 Å². The molecule has 0 aliphatic rings. The van der Waals surface area contributed by atoms with Gasteiger partial charge in [-0.25, -0.2) is 0 Å². The molecule has 0 bridgehead atoms. The van der Waals surface area contributed by atoms with E-state index in [0.717, 1.165) is 22.2 Å². The third-order valence-electron chi connectivity index (χ3n) is 2.25. The highest BCUT2D eigenvalue weighted by molar-refractivity contribution is 5.84. The molecule has 2 nitrogen and oxygen atoms in total. The van der Waals surface area contributed by atoms with E-state index in [2.05, 4.69) is 4.98 Å². The number of fused-ring (bicyclic) bond motifs is 1. The van der Waals surface area contributed by atoms with Crippen LogP contribution in [0.4, 0.5) is 0 Å². The Balaban J connectivity index is 2.87. The minimum atomic E-state index is 0.332. The first-order valence-corrected chi connectivity index (χ1v) is 4.24. The smallest absolute Gasteiger partial charge is 0.119 e. The zero-order chi connectivity index (χ0) is 9.42. The summed E-state index contributed by atoms with van der Waals surface area (Å²) >= 11 is 0. The van der Waals surface area contributed by atoms with E-state index in [9.17, 15) is 5.11 Å². The fourth-order valence-electron chi connectivity index (χ4n) is 1.44. The van der Waals surface area contributed by atoms with Crippen LogP contribution in [0.5, 0.6) is 5.75 Å². The lowest BCUT2D eigenvalue weighted by molar-refractivity contribution is 0.472. The van der Waals surface area contributed by atoms with E-state index in [1.165, 1.54) is 0 Å². The normalized spacial score (nSPS) is 10.6. The first kappa shape index (κ1) is 8.05. The van der Waals surface area contributed by atoms with Crippen LogP contribution in [0.15, 0.2) is 24.3 Å². The highest BCUT2D eigenvalue weighted by atomic mass is 16.3. The van der Waals surface area contributed by atoms with Gasteiger partial charge in [0, 0.05) is 16.6 Å². The highest BCUT2D eigenvalue weighted by Gasteiger charge is 2.02. The molecule has 0 fully saturated rings. The summed E-state index contributed by atoms with van der Waals surface area (Å²) in [5.74, 6) is 0.332. The Morgan fingerprint density at radius 2 is 1.85 bits per heavy atom. The number of nitrogens with zero attached hydrogens (tertiary/aromatic N) is 1. The van der Waals surface area contributed by atoms with E-state index < -0.39 is 0 Å². The molecule has 0 saturated carbocycles. The average molecular weight is 173 g/mol. The summed E-state index contributed by atoms with van der Waals surface area (Å²) in [7, 11) is 0. The SMILES string of the molecule is Cc1ccc2c(C)c(O)ccc2n1. The van der Waals surface area contributed by atoms with Crippen LogP contribution in [0.1, 0.15) is 11.3 Å². The maximum atomic E-state index is 9.46. The van der Waals surface area contributed by atoms with Crippen LogP contribution in [-0.2, 0) is 0 Å². The Hall–Kier alpha value is -1.57. The number of phenols is 1. The summed E-state index contributed by atoms with van der Waals surface area (Å²) in [6.45, 7) is 3.86. The Morgan fingerprint density at radius 3 is 2.62 bits per heavy atom. The number of aromatic nitrogens is 1. The lowest BCUT2D eigenvalue weighted by Gasteiger charge is -2.03. The van der Waals surface area contributed by atoms with Crippen molar-refractivity contribution < 1.29 is 5.11 Å². The average Bonchev–Trinajstić information content (AvgIpc) is 2.12. The summed E-state index contributed by atoms with van der Waals surface area (Å²) in [5.41, 5.74) is 2.83. The van der Waals surface area contributed by atoms with Crippen molar-refractivity contribution in [3.8, 4) is 5.75 Å². The molecule has 0 unspecified atom stereocenters. The summed E-state index contributed by atoms with van der Waals surface area (Å²) in [6, 6.07) is 7.47. The molecule has 1 aromatic heterocycles. The van der Waals surface area contributed by atoms with Gasteiger partial charge < -0.3 is 5.11 Å². The first-order chi connectivity index (χ1) is 6.18. The molecular weight excluding hydrogens is 162 g/mol. The number of aromatic hydroxyl groups is 1. The number of hydrogen-bond acceptors (Lipinski definition) is 2. The van der Waals surface area contributed by atoms with Crippen molar-refractivity contribution in [1.82, 2.24) is 4.98 Å². The molecule has 0 amide bonds. The van der Waals surface area contributed by atoms with Crippen LogP contribution in [0.25, 0.3) is 10.9 Å². The Morgan fingerprint density at radius 1 is 1.08 bits per heavy atom. The standard InChI is InChI=1S/C11H11NO/c1-7-3-4-9-8(2)11(13)6-5-10(9)12-7/h3-6,13H,1-2H3. The molecule has 0 radical (unpaired) electrons. The van der Waals surface area contributed by atoms with Crippen LogP contribution >= 0.6 is 0 Å². The number of rotatable bonds is 0. The summed E-state index contributed by atoms with van der Waals surface area (Å²) in [6.07, 6.45) is 0. The topological polar surface area (TPSA) is 33.1 Å². The predicted molar refractivity (Wildman–Crippen MR) is 52.9 cm³/mol. The maximum absolute atomic E-state index is 9.46. The molecule has 2 rings (SSSR count). The second-order valence-electron chi connectivity index (χ2n) is 3.23. The molecule has 0 aliphatic carbocycles. The second-order valence-corrected chi connectivity index (χ2v) is 3.23. The molecule has 2 aromatic rings. The maximum Gasteiger partial charge on any atom is 0.119 e. The molecule has 13 heavy (non-hydrogen) atoms. The molecular formula is C11H11NO. The van der Waals surface area contributed by atoms with Crippen LogP contribution < -0.4 is 0 Å². The van der Waals surface area contributed by atoms with Gasteiger partial charge in [0.1, 0.15) is 5.75 Å². The van der Waals surface area contributed by atoms with E-state index in [4.69, 9.17) is 0 Å². The van der Waals surface area contributed by atoms with Crippen molar-refractivity contribution in [1.29, 1.82) is 0 Å². The van der Waals surface area contributed by atoms with Crippen molar-refractivity contribution in [2.45, 2.75) is 13.8 Å². The van der Waals surface area contributed by atoms with Gasteiger partial charge >= 0.3 is 0 Å². The number of phenolic OH excluding ortho intramolecular Hbond substituents is 1. The largest absolute Gasteiger partial charge is 0.508 e. The first-order valence-electron chi connectivity index (χ1n) is 4.24. The van der Waals surface area contributed by atoms with Gasteiger partial charge in [-0.2, -0.15) is 0 Å². The zero-order valence-corrected chi connectivity index (χ0v) is 7.70. The molecule has 2 heteroatoms. The second kappa shape index (κ2) is 2.73. The molecule has 0 aliphatic heterocycles. The quantitative estimate of drug-likeness (QED) is 0.664. The lowest BCUT2D eigenvalue weighted by atomic mass is 10.1. The van der Waals surface area contributed by atoms with Crippen molar-refractivity contribution in [2.75, 3.05) is 0 Å². The molecule has 0 spiro atoms. The van der Waals surface area contributed by atoms with Gasteiger partial charge in [-0.05, 0) is 32.0 Å². The third kappa shape index (κ3) is 1.24. The van der Waals surface area contributed by atoms with Crippen molar-refractivity contribution >= 4 is 10.9 Å². The van der Waals surface area contributed by atoms with Crippen molar-refractivity contribution in [3.63, 3.8) is 0 Å². The Labute approximate surface area is 76.9 Å². The van der Waals surface area contributed by atoms with E-state index in [0.29, 0.717) is 5.75 Å². The minimum Gasteiger partial charge on any atom is -0.508 e. The molecule has 1 heterocycles. The fourth-order valence-corrected chi connectivity index (χ4v) is 1.44. The summed E-state index contributed by atoms with van der Waals surface area (Å²) < 4.78 is 0. The molecule has 1 aromatic carbocycles. The van der Waals surface area contributed by atoms with Crippen LogP contribution in [0.2, 0.25) is 0 Å². The minimum absolute atomic E-state index is 0.332.